The minimum atomic E-state index is -0.222. The number of aryl methyl sites for hydroxylation is 1. The van der Waals surface area contributed by atoms with Crippen LogP contribution in [0, 0.1) is 0 Å². The van der Waals surface area contributed by atoms with Crippen LogP contribution in [0.15, 0.2) is 96.4 Å². The summed E-state index contributed by atoms with van der Waals surface area (Å²) in [4.78, 5) is 16.9. The van der Waals surface area contributed by atoms with Gasteiger partial charge in [0.25, 0.3) is 0 Å². The van der Waals surface area contributed by atoms with E-state index in [9.17, 15) is 9.90 Å². The Morgan fingerprint density at radius 2 is 1.58 bits per heavy atom. The van der Waals surface area contributed by atoms with Crippen LogP contribution < -0.4 is 5.43 Å². The van der Waals surface area contributed by atoms with Gasteiger partial charge in [0, 0.05) is 29.7 Å². The van der Waals surface area contributed by atoms with Gasteiger partial charge in [0.1, 0.15) is 5.75 Å². The molecule has 6 nitrogen and oxygen atoms in total. The zero-order valence-electron chi connectivity index (χ0n) is 16.8. The highest BCUT2D eigenvalue weighted by atomic mass is 16.3. The molecule has 3 aromatic carbocycles. The molecule has 1 amide bonds. The molecule has 0 bridgehead atoms. The summed E-state index contributed by atoms with van der Waals surface area (Å²) in [6, 6.07) is 26.8. The Morgan fingerprint density at radius 3 is 2.29 bits per heavy atom. The van der Waals surface area contributed by atoms with Crippen molar-refractivity contribution < 1.29 is 9.90 Å². The van der Waals surface area contributed by atoms with Crippen LogP contribution in [0.3, 0.4) is 0 Å². The second-order valence-corrected chi connectivity index (χ2v) is 6.97. The van der Waals surface area contributed by atoms with E-state index in [0.717, 1.165) is 22.5 Å². The van der Waals surface area contributed by atoms with Crippen molar-refractivity contribution in [3.05, 3.63) is 96.8 Å². The highest BCUT2D eigenvalue weighted by Crippen LogP contribution is 2.31. The van der Waals surface area contributed by atoms with E-state index >= 15 is 0 Å². The minimum Gasteiger partial charge on any atom is -0.507 e. The molecule has 0 saturated heterocycles. The number of aromatic nitrogens is 2. The van der Waals surface area contributed by atoms with Crippen molar-refractivity contribution in [2.75, 3.05) is 0 Å². The molecule has 0 spiro atoms. The quantitative estimate of drug-likeness (QED) is 0.349. The van der Waals surface area contributed by atoms with Gasteiger partial charge in [0.2, 0.25) is 5.91 Å². The van der Waals surface area contributed by atoms with Gasteiger partial charge in [-0.25, -0.2) is 10.4 Å². The number of hydrogen-bond donors (Lipinski definition) is 2. The first-order chi connectivity index (χ1) is 15.2. The normalized spacial score (nSPS) is 11.0. The molecule has 4 aromatic rings. The molecule has 0 fully saturated rings. The number of nitrogens with zero attached hydrogens (tertiary/aromatic N) is 3. The van der Waals surface area contributed by atoms with Crippen molar-refractivity contribution >= 4 is 12.1 Å². The smallest absolute Gasteiger partial charge is 0.241 e. The zero-order valence-corrected chi connectivity index (χ0v) is 16.8. The van der Waals surface area contributed by atoms with Crippen LogP contribution >= 0.6 is 0 Å². The summed E-state index contributed by atoms with van der Waals surface area (Å²) in [5.41, 5.74) is 6.96. The highest BCUT2D eigenvalue weighted by Gasteiger charge is 2.15. The van der Waals surface area contributed by atoms with E-state index in [4.69, 9.17) is 0 Å². The number of amides is 1. The fourth-order valence-corrected chi connectivity index (χ4v) is 3.31. The van der Waals surface area contributed by atoms with Crippen molar-refractivity contribution in [1.82, 2.24) is 15.0 Å². The number of phenolic OH excluding ortho intramolecular Hbond substituents is 1. The van der Waals surface area contributed by atoms with Gasteiger partial charge < -0.3 is 9.67 Å². The average molecular weight is 410 g/mol. The molecule has 1 heterocycles. The second kappa shape index (κ2) is 9.54. The first kappa shape index (κ1) is 20.1. The maximum Gasteiger partial charge on any atom is 0.241 e. The minimum absolute atomic E-state index is 0.111. The Labute approximate surface area is 180 Å². The van der Waals surface area contributed by atoms with E-state index in [1.165, 1.54) is 6.21 Å². The van der Waals surface area contributed by atoms with Crippen LogP contribution in [-0.4, -0.2) is 26.8 Å². The van der Waals surface area contributed by atoms with Gasteiger partial charge in [-0.3, -0.25) is 4.79 Å². The van der Waals surface area contributed by atoms with Crippen molar-refractivity contribution in [3.8, 4) is 28.3 Å². The van der Waals surface area contributed by atoms with E-state index in [1.54, 1.807) is 30.6 Å². The van der Waals surface area contributed by atoms with Gasteiger partial charge in [0.15, 0.2) is 0 Å². The molecule has 0 radical (unpaired) electrons. The number of aromatic hydroxyl groups is 1. The Kier molecular flexibility index (Phi) is 6.18. The third-order valence-corrected chi connectivity index (χ3v) is 4.84. The molecule has 0 atom stereocenters. The summed E-state index contributed by atoms with van der Waals surface area (Å²) < 4.78 is 1.99. The summed E-state index contributed by atoms with van der Waals surface area (Å²) in [7, 11) is 0. The van der Waals surface area contributed by atoms with Crippen LogP contribution in [0.5, 0.6) is 5.75 Å². The Morgan fingerprint density at radius 1 is 0.935 bits per heavy atom. The number of hydrazone groups is 1. The van der Waals surface area contributed by atoms with Gasteiger partial charge in [-0.2, -0.15) is 5.10 Å². The van der Waals surface area contributed by atoms with E-state index < -0.39 is 0 Å². The fourth-order valence-electron chi connectivity index (χ4n) is 3.31. The summed E-state index contributed by atoms with van der Waals surface area (Å²) in [6.07, 6.45) is 3.43. The standard InChI is InChI=1S/C25H22N4O2/c30-22-14-8-7-13-21(22)17-27-28-23(31)15-16-29-18-26-24(19-9-3-1-4-10-19)25(29)20-11-5-2-6-12-20/h1-14,17-18,30H,15-16H2,(H,28,31). The number of nitrogens with one attached hydrogen (secondary N) is 1. The molecule has 0 aliphatic heterocycles. The Balaban J connectivity index is 1.49. The van der Waals surface area contributed by atoms with Gasteiger partial charge in [-0.15, -0.1) is 0 Å². The molecule has 4 rings (SSSR count). The first-order valence-corrected chi connectivity index (χ1v) is 9.98. The van der Waals surface area contributed by atoms with Crippen LogP contribution in [0.25, 0.3) is 22.5 Å². The van der Waals surface area contributed by atoms with Crippen LogP contribution in [0.1, 0.15) is 12.0 Å². The summed E-state index contributed by atoms with van der Waals surface area (Å²) in [5, 5.41) is 13.7. The lowest BCUT2D eigenvalue weighted by atomic mass is 10.0. The SMILES string of the molecule is O=C(CCn1cnc(-c2ccccc2)c1-c1ccccc1)NN=Cc1ccccc1O. The third-order valence-electron chi connectivity index (χ3n) is 4.84. The van der Waals surface area contributed by atoms with Gasteiger partial charge in [0.05, 0.1) is 23.9 Å². The first-order valence-electron chi connectivity index (χ1n) is 9.98. The van der Waals surface area contributed by atoms with E-state index in [2.05, 4.69) is 15.5 Å². The lowest BCUT2D eigenvalue weighted by molar-refractivity contribution is -0.121. The molecular weight excluding hydrogens is 388 g/mol. The molecule has 2 N–H and O–H groups in total. The second-order valence-electron chi connectivity index (χ2n) is 6.97. The van der Waals surface area contributed by atoms with Crippen molar-refractivity contribution in [2.45, 2.75) is 13.0 Å². The summed E-state index contributed by atoms with van der Waals surface area (Å²) in [6.45, 7) is 0.460. The predicted octanol–water partition coefficient (Wildman–Crippen LogP) is 4.46. The van der Waals surface area contributed by atoms with E-state index in [-0.39, 0.29) is 18.1 Å². The molecule has 0 unspecified atom stereocenters. The number of benzene rings is 3. The molecule has 0 aliphatic carbocycles. The molecule has 1 aromatic heterocycles. The Bertz CT molecular complexity index is 1180. The third kappa shape index (κ3) is 4.87. The molecular formula is C25H22N4O2. The average Bonchev–Trinajstić information content (AvgIpc) is 3.24. The number of phenols is 1. The van der Waals surface area contributed by atoms with E-state index in [1.807, 2.05) is 65.2 Å². The number of rotatable bonds is 7. The topological polar surface area (TPSA) is 79.5 Å². The van der Waals surface area contributed by atoms with Crippen molar-refractivity contribution in [2.24, 2.45) is 5.10 Å². The van der Waals surface area contributed by atoms with Gasteiger partial charge >= 0.3 is 0 Å². The molecule has 6 heteroatoms. The molecule has 0 aliphatic rings. The monoisotopic (exact) mass is 410 g/mol. The fraction of sp³-hybridized carbons (Fsp3) is 0.0800. The molecule has 31 heavy (non-hydrogen) atoms. The van der Waals surface area contributed by atoms with Crippen LogP contribution in [0.2, 0.25) is 0 Å². The number of carbonyl (C=O) groups is 1. The molecule has 0 saturated carbocycles. The van der Waals surface area contributed by atoms with Crippen LogP contribution in [-0.2, 0) is 11.3 Å². The van der Waals surface area contributed by atoms with E-state index in [0.29, 0.717) is 12.1 Å². The number of para-hydroxylation sites is 1. The Hall–Kier alpha value is -4.19. The highest BCUT2D eigenvalue weighted by molar-refractivity contribution is 5.85. The van der Waals surface area contributed by atoms with Gasteiger partial charge in [-0.1, -0.05) is 72.8 Å². The maximum absolute atomic E-state index is 12.3. The van der Waals surface area contributed by atoms with Crippen molar-refractivity contribution in [1.29, 1.82) is 0 Å². The zero-order chi connectivity index (χ0) is 21.5. The number of hydrogen-bond acceptors (Lipinski definition) is 4. The maximum atomic E-state index is 12.3. The molecule has 154 valence electrons. The lowest BCUT2D eigenvalue weighted by Crippen LogP contribution is -2.19. The summed E-state index contributed by atoms with van der Waals surface area (Å²) in [5.74, 6) is -0.111. The van der Waals surface area contributed by atoms with Gasteiger partial charge in [-0.05, 0) is 12.1 Å². The summed E-state index contributed by atoms with van der Waals surface area (Å²) >= 11 is 0. The predicted molar refractivity (Wildman–Crippen MR) is 122 cm³/mol. The van der Waals surface area contributed by atoms with Crippen LogP contribution in [0.4, 0.5) is 0 Å². The van der Waals surface area contributed by atoms with Crippen molar-refractivity contribution in [3.63, 3.8) is 0 Å². The lowest BCUT2D eigenvalue weighted by Gasteiger charge is -2.10. The largest absolute Gasteiger partial charge is 0.507 e. The number of carbonyl (C=O) groups excluding carboxylic acids is 1. The number of imidazole rings is 1.